The van der Waals surface area contributed by atoms with E-state index in [1.807, 2.05) is 29.3 Å². The Morgan fingerprint density at radius 2 is 2.16 bits per heavy atom. The van der Waals surface area contributed by atoms with Gasteiger partial charge in [-0.3, -0.25) is 9.79 Å². The van der Waals surface area contributed by atoms with E-state index in [2.05, 4.69) is 16.1 Å². The molecule has 2 aliphatic heterocycles. The van der Waals surface area contributed by atoms with E-state index >= 15 is 0 Å². The molecule has 0 saturated heterocycles. The van der Waals surface area contributed by atoms with Gasteiger partial charge >= 0.3 is 0 Å². The lowest BCUT2D eigenvalue weighted by molar-refractivity contribution is 0.0769. The van der Waals surface area contributed by atoms with E-state index in [0.29, 0.717) is 24.3 Å². The number of fused-ring (bicyclic) bond motifs is 1. The summed E-state index contributed by atoms with van der Waals surface area (Å²) < 4.78 is 5.44. The summed E-state index contributed by atoms with van der Waals surface area (Å²) in [6, 6.07) is 5.78. The van der Waals surface area contributed by atoms with Crippen LogP contribution in [0.3, 0.4) is 0 Å². The molecule has 5 rings (SSSR count). The van der Waals surface area contributed by atoms with E-state index in [1.165, 1.54) is 5.70 Å². The van der Waals surface area contributed by atoms with Gasteiger partial charge in [0, 0.05) is 42.0 Å². The largest absolute Gasteiger partial charge is 0.445 e. The fourth-order valence-corrected chi connectivity index (χ4v) is 3.97. The molecule has 0 N–H and O–H groups in total. The Hall–Kier alpha value is -2.69. The predicted molar refractivity (Wildman–Crippen MR) is 94.1 cm³/mol. The molecule has 5 nitrogen and oxygen atoms in total. The number of carbonyl (C=O) groups excluding carboxylic acids is 1. The monoisotopic (exact) mass is 333 g/mol. The molecule has 3 heterocycles. The molecule has 1 aliphatic carbocycles. The Balaban J connectivity index is 1.34. The molecule has 1 aromatic carbocycles. The first-order chi connectivity index (χ1) is 12.3. The van der Waals surface area contributed by atoms with Crippen molar-refractivity contribution >= 4 is 12.1 Å². The number of hydrogen-bond donors (Lipinski definition) is 0. The SMILES string of the molecule is O=C1c2cccc(-c3ncco3)c2CN1C[C@@H]1CC1C1=CCCC=N1. The summed E-state index contributed by atoms with van der Waals surface area (Å²) in [6.45, 7) is 1.44. The molecule has 126 valence electrons. The number of amides is 1. The highest BCUT2D eigenvalue weighted by Crippen LogP contribution is 2.46. The van der Waals surface area contributed by atoms with Gasteiger partial charge in [-0.1, -0.05) is 12.1 Å². The van der Waals surface area contributed by atoms with Gasteiger partial charge in [0.2, 0.25) is 5.89 Å². The van der Waals surface area contributed by atoms with Crippen LogP contribution in [0.1, 0.15) is 35.2 Å². The van der Waals surface area contributed by atoms with E-state index in [4.69, 9.17) is 4.42 Å². The summed E-state index contributed by atoms with van der Waals surface area (Å²) in [4.78, 5) is 23.5. The van der Waals surface area contributed by atoms with Gasteiger partial charge < -0.3 is 9.32 Å². The lowest BCUT2D eigenvalue weighted by atomic mass is 10.0. The van der Waals surface area contributed by atoms with E-state index in [1.54, 1.807) is 12.5 Å². The maximum absolute atomic E-state index is 12.8. The molecule has 1 unspecified atom stereocenters. The molecule has 0 spiro atoms. The van der Waals surface area contributed by atoms with Gasteiger partial charge in [-0.15, -0.1) is 0 Å². The summed E-state index contributed by atoms with van der Waals surface area (Å²) in [5.41, 5.74) is 3.95. The first-order valence-corrected chi connectivity index (χ1v) is 8.85. The molecule has 0 bridgehead atoms. The Morgan fingerprint density at radius 1 is 1.24 bits per heavy atom. The van der Waals surface area contributed by atoms with Gasteiger partial charge in [0.05, 0.1) is 6.20 Å². The summed E-state index contributed by atoms with van der Waals surface area (Å²) in [5, 5.41) is 0. The van der Waals surface area contributed by atoms with Crippen molar-refractivity contribution in [1.82, 2.24) is 9.88 Å². The zero-order valence-corrected chi connectivity index (χ0v) is 13.9. The van der Waals surface area contributed by atoms with Crippen LogP contribution in [0, 0.1) is 11.8 Å². The number of rotatable bonds is 4. The van der Waals surface area contributed by atoms with Gasteiger partial charge in [-0.2, -0.15) is 0 Å². The summed E-state index contributed by atoms with van der Waals surface area (Å²) in [6.07, 6.45) is 10.7. The number of oxazole rings is 1. The quantitative estimate of drug-likeness (QED) is 0.857. The van der Waals surface area contributed by atoms with Crippen LogP contribution in [0.2, 0.25) is 0 Å². The predicted octanol–water partition coefficient (Wildman–Crippen LogP) is 3.68. The standard InChI is InChI=1S/C20H19N3O2/c24-20-15-5-3-4-14(19-22-8-9-25-19)17(15)12-23(20)11-13-10-16(13)18-6-1-2-7-21-18/h3-9,13,16H,1-2,10-12H2/t13-,16?/m0/s1. The summed E-state index contributed by atoms with van der Waals surface area (Å²) >= 11 is 0. The van der Waals surface area contributed by atoms with Crippen molar-refractivity contribution in [3.63, 3.8) is 0 Å². The van der Waals surface area contributed by atoms with Crippen LogP contribution in [0.5, 0.6) is 0 Å². The number of aliphatic imine (C=N–C) groups is 1. The van der Waals surface area contributed by atoms with Crippen molar-refractivity contribution in [3.8, 4) is 11.5 Å². The minimum atomic E-state index is 0.121. The maximum atomic E-state index is 12.8. The van der Waals surface area contributed by atoms with Crippen LogP contribution >= 0.6 is 0 Å². The molecule has 1 amide bonds. The topological polar surface area (TPSA) is 58.7 Å². The molecule has 1 fully saturated rings. The molecule has 2 aromatic rings. The van der Waals surface area contributed by atoms with Crippen LogP contribution < -0.4 is 0 Å². The summed E-state index contributed by atoms with van der Waals surface area (Å²) in [5.74, 6) is 1.76. The Kier molecular flexibility index (Phi) is 3.33. The summed E-state index contributed by atoms with van der Waals surface area (Å²) in [7, 11) is 0. The highest BCUT2D eigenvalue weighted by atomic mass is 16.3. The lowest BCUT2D eigenvalue weighted by Crippen LogP contribution is -2.26. The van der Waals surface area contributed by atoms with Crippen molar-refractivity contribution in [1.29, 1.82) is 0 Å². The fraction of sp³-hybridized carbons (Fsp3) is 0.350. The van der Waals surface area contributed by atoms with E-state index in [0.717, 1.165) is 42.5 Å². The average Bonchev–Trinajstić information content (AvgIpc) is 3.06. The normalized spacial score (nSPS) is 24.4. The average molecular weight is 333 g/mol. The highest BCUT2D eigenvalue weighted by Gasteiger charge is 2.43. The zero-order valence-electron chi connectivity index (χ0n) is 13.9. The van der Waals surface area contributed by atoms with Crippen molar-refractivity contribution < 1.29 is 9.21 Å². The first-order valence-electron chi connectivity index (χ1n) is 8.85. The van der Waals surface area contributed by atoms with Gasteiger partial charge in [0.15, 0.2) is 0 Å². The van der Waals surface area contributed by atoms with Crippen molar-refractivity contribution in [3.05, 3.63) is 53.6 Å². The Bertz CT molecular complexity index is 882. The second-order valence-electron chi connectivity index (χ2n) is 6.97. The van der Waals surface area contributed by atoms with Crippen LogP contribution in [0.4, 0.5) is 0 Å². The van der Waals surface area contributed by atoms with Gasteiger partial charge in [0.1, 0.15) is 6.26 Å². The first kappa shape index (κ1) is 14.6. The fourth-order valence-electron chi connectivity index (χ4n) is 3.97. The molecular formula is C20H19N3O2. The molecule has 2 atom stereocenters. The Morgan fingerprint density at radius 3 is 2.96 bits per heavy atom. The molecule has 5 heteroatoms. The van der Waals surface area contributed by atoms with Crippen LogP contribution in [-0.4, -0.2) is 28.6 Å². The second kappa shape index (κ2) is 5.69. The third kappa shape index (κ3) is 2.51. The van der Waals surface area contributed by atoms with Crippen molar-refractivity contribution in [2.75, 3.05) is 6.54 Å². The number of allylic oxidation sites excluding steroid dienone is 2. The zero-order chi connectivity index (χ0) is 16.8. The van der Waals surface area contributed by atoms with Crippen molar-refractivity contribution in [2.45, 2.75) is 25.8 Å². The number of hydrogen-bond acceptors (Lipinski definition) is 4. The molecule has 1 aromatic heterocycles. The number of benzene rings is 1. The smallest absolute Gasteiger partial charge is 0.254 e. The minimum absolute atomic E-state index is 0.121. The van der Waals surface area contributed by atoms with Gasteiger partial charge in [0.25, 0.3) is 5.91 Å². The number of aromatic nitrogens is 1. The van der Waals surface area contributed by atoms with E-state index in [-0.39, 0.29) is 5.91 Å². The number of nitrogens with zero attached hydrogens (tertiary/aromatic N) is 3. The third-order valence-electron chi connectivity index (χ3n) is 5.35. The second-order valence-corrected chi connectivity index (χ2v) is 6.97. The van der Waals surface area contributed by atoms with Gasteiger partial charge in [-0.25, -0.2) is 4.98 Å². The minimum Gasteiger partial charge on any atom is -0.445 e. The molecule has 3 aliphatic rings. The van der Waals surface area contributed by atoms with Crippen LogP contribution in [0.25, 0.3) is 11.5 Å². The van der Waals surface area contributed by atoms with Gasteiger partial charge in [-0.05, 0) is 42.9 Å². The maximum Gasteiger partial charge on any atom is 0.254 e. The van der Waals surface area contributed by atoms with Crippen molar-refractivity contribution in [2.24, 2.45) is 16.8 Å². The third-order valence-corrected chi connectivity index (χ3v) is 5.35. The lowest BCUT2D eigenvalue weighted by Gasteiger charge is -2.16. The number of carbonyl (C=O) groups is 1. The Labute approximate surface area is 146 Å². The van der Waals surface area contributed by atoms with Crippen LogP contribution in [-0.2, 0) is 6.54 Å². The highest BCUT2D eigenvalue weighted by molar-refractivity contribution is 6.00. The molecule has 0 radical (unpaired) electrons. The van der Waals surface area contributed by atoms with E-state index < -0.39 is 0 Å². The van der Waals surface area contributed by atoms with Crippen LogP contribution in [0.15, 0.2) is 51.8 Å². The molecule has 1 saturated carbocycles. The van der Waals surface area contributed by atoms with E-state index in [9.17, 15) is 4.79 Å². The molecular weight excluding hydrogens is 314 g/mol. The molecule has 25 heavy (non-hydrogen) atoms.